The Morgan fingerprint density at radius 2 is 2.08 bits per heavy atom. The molecule has 0 saturated heterocycles. The van der Waals surface area contributed by atoms with Gasteiger partial charge in [-0.05, 0) is 19.8 Å². The second-order valence-electron chi connectivity index (χ2n) is 3.31. The highest BCUT2D eigenvalue weighted by atomic mass is 35.5. The van der Waals surface area contributed by atoms with Crippen molar-refractivity contribution in [3.05, 3.63) is 0 Å². The fourth-order valence-electron chi connectivity index (χ4n) is 1.70. The molecule has 0 aromatic rings. The zero-order chi connectivity index (χ0) is 8.97. The predicted octanol–water partition coefficient (Wildman–Crippen LogP) is 1.49. The number of halogens is 1. The van der Waals surface area contributed by atoms with Gasteiger partial charge in [0, 0.05) is 6.04 Å². The van der Waals surface area contributed by atoms with E-state index < -0.39 is 0 Å². The lowest BCUT2D eigenvalue weighted by Crippen LogP contribution is -2.38. The number of rotatable bonds is 2. The molecule has 0 aromatic carbocycles. The Bertz CT molecular complexity index is 164. The summed E-state index contributed by atoms with van der Waals surface area (Å²) in [5.41, 5.74) is 5.81. The number of nitrogens with two attached hydrogens (primary N) is 1. The number of hydrogen-bond acceptors (Lipinski definition) is 3. The molecule has 1 aliphatic rings. The van der Waals surface area contributed by atoms with E-state index in [1.165, 1.54) is 0 Å². The first-order chi connectivity index (χ1) is 5.75. The average molecular weight is 208 g/mol. The van der Waals surface area contributed by atoms with E-state index >= 15 is 0 Å². The third-order valence-corrected chi connectivity index (χ3v) is 2.41. The van der Waals surface area contributed by atoms with Gasteiger partial charge in [-0.15, -0.1) is 12.4 Å². The first-order valence-electron chi connectivity index (χ1n) is 4.68. The topological polar surface area (TPSA) is 52.3 Å². The average Bonchev–Trinajstić information content (AvgIpc) is 2.05. The van der Waals surface area contributed by atoms with Crippen LogP contribution in [0.15, 0.2) is 0 Å². The van der Waals surface area contributed by atoms with Crippen LogP contribution in [0.2, 0.25) is 0 Å². The minimum absolute atomic E-state index is 0. The van der Waals surface area contributed by atoms with E-state index in [0.717, 1.165) is 25.7 Å². The van der Waals surface area contributed by atoms with Gasteiger partial charge in [0.25, 0.3) is 0 Å². The summed E-state index contributed by atoms with van der Waals surface area (Å²) >= 11 is 0. The molecule has 2 N–H and O–H groups in total. The Kier molecular flexibility index (Phi) is 6.08. The highest BCUT2D eigenvalue weighted by Crippen LogP contribution is 2.23. The van der Waals surface area contributed by atoms with E-state index in [1.807, 2.05) is 6.92 Å². The molecule has 1 fully saturated rings. The van der Waals surface area contributed by atoms with Crippen molar-refractivity contribution in [2.24, 2.45) is 11.7 Å². The van der Waals surface area contributed by atoms with Crippen molar-refractivity contribution < 1.29 is 9.53 Å². The second kappa shape index (κ2) is 6.22. The maximum atomic E-state index is 11.3. The summed E-state index contributed by atoms with van der Waals surface area (Å²) in [5, 5.41) is 0. The van der Waals surface area contributed by atoms with Crippen LogP contribution < -0.4 is 5.73 Å². The number of hydrogen-bond donors (Lipinski definition) is 1. The van der Waals surface area contributed by atoms with E-state index in [0.29, 0.717) is 6.61 Å². The number of ether oxygens (including phenoxy) is 1. The molecule has 0 aliphatic heterocycles. The molecule has 1 saturated carbocycles. The maximum Gasteiger partial charge on any atom is 0.310 e. The number of esters is 1. The molecular formula is C9H18ClNO2. The molecule has 0 radical (unpaired) electrons. The summed E-state index contributed by atoms with van der Waals surface area (Å²) in [6.45, 7) is 2.29. The van der Waals surface area contributed by atoms with Gasteiger partial charge in [0.1, 0.15) is 0 Å². The van der Waals surface area contributed by atoms with Crippen LogP contribution in [0.5, 0.6) is 0 Å². The normalized spacial score (nSPS) is 27.5. The summed E-state index contributed by atoms with van der Waals surface area (Å²) < 4.78 is 4.93. The molecule has 13 heavy (non-hydrogen) atoms. The van der Waals surface area contributed by atoms with E-state index in [2.05, 4.69) is 0 Å². The van der Waals surface area contributed by atoms with Crippen LogP contribution in [0.1, 0.15) is 32.6 Å². The van der Waals surface area contributed by atoms with Crippen molar-refractivity contribution >= 4 is 18.4 Å². The minimum Gasteiger partial charge on any atom is -0.466 e. The minimum atomic E-state index is -0.107. The van der Waals surface area contributed by atoms with Gasteiger partial charge in [0.15, 0.2) is 0 Å². The first kappa shape index (κ1) is 12.7. The van der Waals surface area contributed by atoms with Crippen molar-refractivity contribution in [1.82, 2.24) is 0 Å². The molecule has 3 nitrogen and oxygen atoms in total. The van der Waals surface area contributed by atoms with Crippen LogP contribution in [0.25, 0.3) is 0 Å². The summed E-state index contributed by atoms with van der Waals surface area (Å²) in [6.07, 6.45) is 4.12. The van der Waals surface area contributed by atoms with Crippen LogP contribution in [0.4, 0.5) is 0 Å². The fourth-order valence-corrected chi connectivity index (χ4v) is 1.70. The van der Waals surface area contributed by atoms with Gasteiger partial charge in [0.05, 0.1) is 12.5 Å². The Hall–Kier alpha value is -0.280. The molecule has 0 amide bonds. The Labute approximate surface area is 85.4 Å². The van der Waals surface area contributed by atoms with Gasteiger partial charge in [0.2, 0.25) is 0 Å². The van der Waals surface area contributed by atoms with Crippen LogP contribution in [0.3, 0.4) is 0 Å². The van der Waals surface area contributed by atoms with Crippen molar-refractivity contribution in [2.75, 3.05) is 6.61 Å². The quantitative estimate of drug-likeness (QED) is 0.699. The molecule has 1 rings (SSSR count). The van der Waals surface area contributed by atoms with E-state index in [1.54, 1.807) is 0 Å². The van der Waals surface area contributed by atoms with Gasteiger partial charge >= 0.3 is 5.97 Å². The Morgan fingerprint density at radius 3 is 2.62 bits per heavy atom. The van der Waals surface area contributed by atoms with E-state index in [4.69, 9.17) is 10.5 Å². The molecule has 2 atom stereocenters. The zero-order valence-electron chi connectivity index (χ0n) is 7.99. The van der Waals surface area contributed by atoms with Gasteiger partial charge in [-0.25, -0.2) is 0 Å². The summed E-state index contributed by atoms with van der Waals surface area (Å²) in [4.78, 5) is 11.3. The molecule has 0 aromatic heterocycles. The standard InChI is InChI=1S/C9H17NO2.ClH/c1-2-12-9(11)7-5-3-4-6-8(7)10;/h7-8H,2-6,10H2,1H3;1H/t7-,8-;/m0./s1. The van der Waals surface area contributed by atoms with Crippen LogP contribution in [-0.4, -0.2) is 18.6 Å². The van der Waals surface area contributed by atoms with Crippen LogP contribution in [-0.2, 0) is 9.53 Å². The molecule has 0 spiro atoms. The molecule has 0 unspecified atom stereocenters. The predicted molar refractivity (Wildman–Crippen MR) is 53.8 cm³/mol. The fraction of sp³-hybridized carbons (Fsp3) is 0.889. The van der Waals surface area contributed by atoms with Crippen molar-refractivity contribution in [2.45, 2.75) is 38.6 Å². The third kappa shape index (κ3) is 3.53. The van der Waals surface area contributed by atoms with Crippen LogP contribution >= 0.6 is 12.4 Å². The largest absolute Gasteiger partial charge is 0.466 e. The zero-order valence-corrected chi connectivity index (χ0v) is 8.81. The second-order valence-corrected chi connectivity index (χ2v) is 3.31. The molecule has 0 bridgehead atoms. The smallest absolute Gasteiger partial charge is 0.310 e. The van der Waals surface area contributed by atoms with Crippen molar-refractivity contribution in [3.63, 3.8) is 0 Å². The monoisotopic (exact) mass is 207 g/mol. The van der Waals surface area contributed by atoms with E-state index in [-0.39, 0.29) is 30.3 Å². The summed E-state index contributed by atoms with van der Waals surface area (Å²) in [6, 6.07) is 0.0257. The van der Waals surface area contributed by atoms with E-state index in [9.17, 15) is 4.79 Å². The molecule has 1 aliphatic carbocycles. The Balaban J connectivity index is 0.00000144. The Morgan fingerprint density at radius 1 is 1.46 bits per heavy atom. The first-order valence-corrected chi connectivity index (χ1v) is 4.68. The maximum absolute atomic E-state index is 11.3. The number of carbonyl (C=O) groups excluding carboxylic acids is 1. The highest BCUT2D eigenvalue weighted by molar-refractivity contribution is 5.85. The number of carbonyl (C=O) groups is 1. The van der Waals surface area contributed by atoms with Crippen LogP contribution in [0, 0.1) is 5.92 Å². The SMILES string of the molecule is CCOC(=O)[C@H]1CCCC[C@@H]1N.Cl. The lowest BCUT2D eigenvalue weighted by atomic mass is 9.85. The van der Waals surface area contributed by atoms with Crippen molar-refractivity contribution in [3.8, 4) is 0 Å². The van der Waals surface area contributed by atoms with Gasteiger partial charge in [-0.1, -0.05) is 12.8 Å². The molecular weight excluding hydrogens is 190 g/mol. The van der Waals surface area contributed by atoms with Gasteiger partial charge < -0.3 is 10.5 Å². The van der Waals surface area contributed by atoms with Gasteiger partial charge in [-0.2, -0.15) is 0 Å². The third-order valence-electron chi connectivity index (χ3n) is 2.41. The van der Waals surface area contributed by atoms with Crippen molar-refractivity contribution in [1.29, 1.82) is 0 Å². The summed E-state index contributed by atoms with van der Waals surface area (Å²) in [7, 11) is 0. The molecule has 0 heterocycles. The summed E-state index contributed by atoms with van der Waals surface area (Å²) in [5.74, 6) is -0.150. The lowest BCUT2D eigenvalue weighted by molar-refractivity contribution is -0.149. The lowest BCUT2D eigenvalue weighted by Gasteiger charge is -2.26. The highest BCUT2D eigenvalue weighted by Gasteiger charge is 2.28. The van der Waals surface area contributed by atoms with Gasteiger partial charge in [-0.3, -0.25) is 4.79 Å². The molecule has 78 valence electrons. The molecule has 4 heteroatoms.